The quantitative estimate of drug-likeness (QED) is 0.586. The number of nitrogens with one attached hydrogen (secondary N) is 3. The molecule has 0 bridgehead atoms. The van der Waals surface area contributed by atoms with Gasteiger partial charge < -0.3 is 5.32 Å². The van der Waals surface area contributed by atoms with Crippen molar-refractivity contribution >= 4 is 28.1 Å². The van der Waals surface area contributed by atoms with E-state index in [9.17, 15) is 4.79 Å². The third-order valence-electron chi connectivity index (χ3n) is 4.26. The largest absolute Gasteiger partial charge is 0.374 e. The Morgan fingerprint density at radius 3 is 2.35 bits per heavy atom. The maximum absolute atomic E-state index is 12.3. The number of benzene rings is 3. The van der Waals surface area contributed by atoms with Crippen LogP contribution in [-0.4, -0.2) is 11.9 Å². The highest BCUT2D eigenvalue weighted by Crippen LogP contribution is 2.18. The lowest BCUT2D eigenvalue weighted by atomic mass is 10.1. The molecule has 1 amide bonds. The molecule has 3 N–H and O–H groups in total. The average molecular weight is 345 g/mol. The Morgan fingerprint density at radius 1 is 0.923 bits per heavy atom. The summed E-state index contributed by atoms with van der Waals surface area (Å²) in [6.45, 7) is 7.86. The molecule has 4 heteroatoms. The van der Waals surface area contributed by atoms with Gasteiger partial charge in [-0.25, -0.2) is 0 Å². The van der Waals surface area contributed by atoms with Gasteiger partial charge >= 0.3 is 0 Å². The molecule has 0 fully saturated rings. The summed E-state index contributed by atoms with van der Waals surface area (Å²) in [6, 6.07) is 21.8. The molecule has 26 heavy (non-hydrogen) atoms. The summed E-state index contributed by atoms with van der Waals surface area (Å²) in [6.07, 6.45) is 0. The van der Waals surface area contributed by atoms with E-state index in [2.05, 4.69) is 34.9 Å². The van der Waals surface area contributed by atoms with Gasteiger partial charge in [0.1, 0.15) is 6.04 Å². The Hall–Kier alpha value is -3.27. The molecular formula is C22H23N3O. The van der Waals surface area contributed by atoms with E-state index in [0.717, 1.165) is 16.6 Å². The molecule has 0 saturated carbocycles. The molecule has 0 spiro atoms. The van der Waals surface area contributed by atoms with Crippen molar-refractivity contribution in [2.24, 2.45) is 0 Å². The Balaban J connectivity index is 1.57. The number of carbonyl (C=O) groups excluding carboxylic acids is 1. The number of hydrogen-bond donors (Lipinski definition) is 3. The van der Waals surface area contributed by atoms with Crippen LogP contribution in [0.2, 0.25) is 0 Å². The SMILES string of the molecule is C=C(NNC(=O)C(C)Nc1ccc(C)cc1)c1ccc2ccccc2c1. The molecule has 0 aliphatic carbocycles. The fraction of sp³-hybridized carbons (Fsp3) is 0.136. The van der Waals surface area contributed by atoms with E-state index in [0.29, 0.717) is 5.70 Å². The van der Waals surface area contributed by atoms with Crippen LogP contribution in [0.15, 0.2) is 73.3 Å². The monoisotopic (exact) mass is 345 g/mol. The minimum Gasteiger partial charge on any atom is -0.374 e. The zero-order chi connectivity index (χ0) is 18.5. The van der Waals surface area contributed by atoms with Crippen LogP contribution in [0.25, 0.3) is 16.5 Å². The van der Waals surface area contributed by atoms with Gasteiger partial charge in [0.05, 0.1) is 5.70 Å². The molecule has 0 heterocycles. The van der Waals surface area contributed by atoms with Gasteiger partial charge in [0.2, 0.25) is 0 Å². The molecule has 1 unspecified atom stereocenters. The Bertz CT molecular complexity index is 932. The summed E-state index contributed by atoms with van der Waals surface area (Å²) < 4.78 is 0. The normalized spacial score (nSPS) is 11.6. The zero-order valence-electron chi connectivity index (χ0n) is 15.0. The topological polar surface area (TPSA) is 53.2 Å². The fourth-order valence-electron chi connectivity index (χ4n) is 2.66. The van der Waals surface area contributed by atoms with Crippen molar-refractivity contribution in [3.05, 3.63) is 84.4 Å². The minimum atomic E-state index is -0.380. The van der Waals surface area contributed by atoms with Crippen LogP contribution in [-0.2, 0) is 4.79 Å². The van der Waals surface area contributed by atoms with E-state index < -0.39 is 0 Å². The second-order valence-electron chi connectivity index (χ2n) is 6.39. The van der Waals surface area contributed by atoms with Crippen molar-refractivity contribution in [2.45, 2.75) is 19.9 Å². The molecule has 0 aromatic heterocycles. The van der Waals surface area contributed by atoms with Gasteiger partial charge in [0, 0.05) is 5.69 Å². The van der Waals surface area contributed by atoms with Crippen LogP contribution < -0.4 is 16.2 Å². The highest BCUT2D eigenvalue weighted by molar-refractivity contribution is 5.87. The Labute approximate surface area is 153 Å². The van der Waals surface area contributed by atoms with E-state index in [1.165, 1.54) is 10.9 Å². The lowest BCUT2D eigenvalue weighted by molar-refractivity contribution is -0.122. The minimum absolute atomic E-state index is 0.160. The molecule has 4 nitrogen and oxygen atoms in total. The first-order valence-corrected chi connectivity index (χ1v) is 8.60. The van der Waals surface area contributed by atoms with E-state index in [1.807, 2.05) is 68.4 Å². The van der Waals surface area contributed by atoms with Gasteiger partial charge in [-0.1, -0.05) is 60.7 Å². The van der Waals surface area contributed by atoms with Crippen LogP contribution in [0.3, 0.4) is 0 Å². The van der Waals surface area contributed by atoms with Gasteiger partial charge in [-0.05, 0) is 48.4 Å². The highest BCUT2D eigenvalue weighted by atomic mass is 16.2. The first-order chi connectivity index (χ1) is 12.5. The molecular weight excluding hydrogens is 322 g/mol. The number of aryl methyl sites for hydroxylation is 1. The van der Waals surface area contributed by atoms with Gasteiger partial charge in [-0.2, -0.15) is 0 Å². The first kappa shape index (κ1) is 17.5. The Morgan fingerprint density at radius 2 is 1.62 bits per heavy atom. The smallest absolute Gasteiger partial charge is 0.260 e. The van der Waals surface area contributed by atoms with Crippen molar-refractivity contribution < 1.29 is 4.79 Å². The summed E-state index contributed by atoms with van der Waals surface area (Å²) >= 11 is 0. The van der Waals surface area contributed by atoms with Crippen LogP contribution in [0.5, 0.6) is 0 Å². The number of rotatable bonds is 6. The summed E-state index contributed by atoms with van der Waals surface area (Å²) in [4.78, 5) is 12.3. The number of amides is 1. The maximum atomic E-state index is 12.3. The van der Waals surface area contributed by atoms with E-state index in [-0.39, 0.29) is 11.9 Å². The second-order valence-corrected chi connectivity index (χ2v) is 6.39. The number of hydrazine groups is 1. The van der Waals surface area contributed by atoms with Gasteiger partial charge in [-0.3, -0.25) is 15.6 Å². The van der Waals surface area contributed by atoms with Crippen LogP contribution in [0.4, 0.5) is 5.69 Å². The van der Waals surface area contributed by atoms with Crippen LogP contribution in [0.1, 0.15) is 18.1 Å². The van der Waals surface area contributed by atoms with Crippen molar-refractivity contribution in [3.8, 4) is 0 Å². The molecule has 3 aromatic carbocycles. The first-order valence-electron chi connectivity index (χ1n) is 8.60. The summed E-state index contributed by atoms with van der Waals surface area (Å²) in [5, 5.41) is 5.48. The molecule has 3 rings (SSSR count). The highest BCUT2D eigenvalue weighted by Gasteiger charge is 2.12. The molecule has 132 valence electrons. The second kappa shape index (κ2) is 7.74. The van der Waals surface area contributed by atoms with E-state index >= 15 is 0 Å². The third kappa shape index (κ3) is 4.22. The average Bonchev–Trinajstić information content (AvgIpc) is 2.67. The van der Waals surface area contributed by atoms with Crippen molar-refractivity contribution in [3.63, 3.8) is 0 Å². The lowest BCUT2D eigenvalue weighted by Gasteiger charge is -2.17. The predicted molar refractivity (Wildman–Crippen MR) is 109 cm³/mol. The van der Waals surface area contributed by atoms with Crippen molar-refractivity contribution in [2.75, 3.05) is 5.32 Å². The van der Waals surface area contributed by atoms with Crippen molar-refractivity contribution in [1.82, 2.24) is 10.9 Å². The molecule has 0 aliphatic rings. The molecule has 1 atom stereocenters. The third-order valence-corrected chi connectivity index (χ3v) is 4.26. The van der Waals surface area contributed by atoms with Gasteiger partial charge in [0.15, 0.2) is 0 Å². The summed E-state index contributed by atoms with van der Waals surface area (Å²) in [7, 11) is 0. The van der Waals surface area contributed by atoms with Crippen LogP contribution >= 0.6 is 0 Å². The van der Waals surface area contributed by atoms with Gasteiger partial charge in [-0.15, -0.1) is 0 Å². The number of fused-ring (bicyclic) bond motifs is 1. The van der Waals surface area contributed by atoms with Gasteiger partial charge in [0.25, 0.3) is 5.91 Å². The Kier molecular flexibility index (Phi) is 5.23. The number of anilines is 1. The van der Waals surface area contributed by atoms with Crippen LogP contribution in [0, 0.1) is 6.92 Å². The lowest BCUT2D eigenvalue weighted by Crippen LogP contribution is -2.44. The predicted octanol–water partition coefficient (Wildman–Crippen LogP) is 4.24. The van der Waals surface area contributed by atoms with Crippen molar-refractivity contribution in [1.29, 1.82) is 0 Å². The van der Waals surface area contributed by atoms with E-state index in [4.69, 9.17) is 0 Å². The standard InChI is InChI=1S/C22H23N3O/c1-15-8-12-21(13-9-15)23-17(3)22(26)25-24-16(2)19-11-10-18-6-4-5-7-20(18)14-19/h4-14,17,23-24H,2H2,1,3H3,(H,25,26). The maximum Gasteiger partial charge on any atom is 0.260 e. The van der Waals surface area contributed by atoms with E-state index in [1.54, 1.807) is 0 Å². The summed E-state index contributed by atoms with van der Waals surface area (Å²) in [5.74, 6) is -0.160. The zero-order valence-corrected chi connectivity index (χ0v) is 15.0. The molecule has 3 aromatic rings. The fourth-order valence-corrected chi connectivity index (χ4v) is 2.66. The number of carbonyl (C=O) groups is 1. The molecule has 0 saturated heterocycles. The molecule has 0 radical (unpaired) electrons. The molecule has 0 aliphatic heterocycles. The summed E-state index contributed by atoms with van der Waals surface area (Å²) in [5.41, 5.74) is 9.28. The number of hydrogen-bond acceptors (Lipinski definition) is 3.